The van der Waals surface area contributed by atoms with E-state index in [1.165, 1.54) is 16.7 Å². The minimum atomic E-state index is -0.583. The molecule has 1 saturated carbocycles. The molecular formula is C17H27NOS. The molecule has 0 spiro atoms. The lowest BCUT2D eigenvalue weighted by atomic mass is 9.89. The van der Waals surface area contributed by atoms with Crippen LogP contribution in [-0.2, 0) is 5.75 Å². The lowest BCUT2D eigenvalue weighted by Gasteiger charge is -2.28. The van der Waals surface area contributed by atoms with Gasteiger partial charge < -0.3 is 10.8 Å². The van der Waals surface area contributed by atoms with Crippen LogP contribution in [0.3, 0.4) is 0 Å². The normalized spacial score (nSPS) is 26.1. The fraction of sp³-hybridized carbons (Fsp3) is 0.647. The van der Waals surface area contributed by atoms with Gasteiger partial charge in [-0.05, 0) is 50.3 Å². The topological polar surface area (TPSA) is 46.2 Å². The van der Waals surface area contributed by atoms with Crippen LogP contribution in [0.4, 0.5) is 0 Å². The molecule has 0 heterocycles. The zero-order valence-electron chi connectivity index (χ0n) is 12.7. The van der Waals surface area contributed by atoms with Gasteiger partial charge in [0.05, 0.1) is 5.60 Å². The molecule has 0 radical (unpaired) electrons. The van der Waals surface area contributed by atoms with E-state index in [-0.39, 0.29) is 0 Å². The van der Waals surface area contributed by atoms with Crippen molar-refractivity contribution in [3.05, 3.63) is 34.9 Å². The molecule has 0 bridgehead atoms. The van der Waals surface area contributed by atoms with E-state index in [0.717, 1.165) is 37.2 Å². The molecule has 1 aromatic rings. The van der Waals surface area contributed by atoms with E-state index in [1.54, 1.807) is 0 Å². The van der Waals surface area contributed by atoms with Gasteiger partial charge in [-0.15, -0.1) is 0 Å². The van der Waals surface area contributed by atoms with Crippen LogP contribution in [0.5, 0.6) is 0 Å². The summed E-state index contributed by atoms with van der Waals surface area (Å²) in [6.45, 7) is 4.72. The van der Waals surface area contributed by atoms with Gasteiger partial charge in [-0.3, -0.25) is 0 Å². The Labute approximate surface area is 127 Å². The predicted molar refractivity (Wildman–Crippen MR) is 88.0 cm³/mol. The van der Waals surface area contributed by atoms with Crippen molar-refractivity contribution in [3.63, 3.8) is 0 Å². The molecule has 1 aliphatic carbocycles. The molecule has 2 atom stereocenters. The Bertz CT molecular complexity index is 428. The van der Waals surface area contributed by atoms with Gasteiger partial charge in [-0.25, -0.2) is 0 Å². The monoisotopic (exact) mass is 293 g/mol. The van der Waals surface area contributed by atoms with Crippen molar-refractivity contribution in [2.45, 2.75) is 50.9 Å². The first kappa shape index (κ1) is 15.9. The number of aliphatic hydroxyl groups is 1. The van der Waals surface area contributed by atoms with Crippen molar-refractivity contribution in [1.82, 2.24) is 0 Å². The quantitative estimate of drug-likeness (QED) is 0.790. The third-order valence-corrected chi connectivity index (χ3v) is 5.50. The van der Waals surface area contributed by atoms with Gasteiger partial charge in [0, 0.05) is 12.3 Å². The van der Waals surface area contributed by atoms with Crippen LogP contribution in [0.25, 0.3) is 0 Å². The van der Waals surface area contributed by atoms with Crippen molar-refractivity contribution >= 4 is 11.8 Å². The number of aryl methyl sites for hydroxylation is 2. The average Bonchev–Trinajstić information content (AvgIpc) is 2.76. The van der Waals surface area contributed by atoms with E-state index in [4.69, 9.17) is 5.73 Å². The molecule has 0 aliphatic heterocycles. The third kappa shape index (κ3) is 4.00. The third-order valence-electron chi connectivity index (χ3n) is 4.44. The lowest BCUT2D eigenvalue weighted by Crippen LogP contribution is -2.41. The summed E-state index contributed by atoms with van der Waals surface area (Å²) in [6, 6.07) is 6.76. The number of hydrogen-bond acceptors (Lipinski definition) is 3. The number of nitrogens with two attached hydrogens (primary N) is 1. The standard InChI is InChI=1S/C17H27NOS/c1-13-8-14(2)10-15(9-13)11-20-7-5-16-4-3-6-17(16,19)12-18/h8-10,16,19H,3-7,11-12,18H2,1-2H3. The Morgan fingerprint density at radius 3 is 2.65 bits per heavy atom. The summed E-state index contributed by atoms with van der Waals surface area (Å²) >= 11 is 1.97. The highest BCUT2D eigenvalue weighted by molar-refractivity contribution is 7.98. The molecule has 0 saturated heterocycles. The summed E-state index contributed by atoms with van der Waals surface area (Å²) in [5.41, 5.74) is 9.24. The second-order valence-electron chi connectivity index (χ2n) is 6.23. The zero-order chi connectivity index (χ0) is 14.6. The molecule has 1 aliphatic rings. The Morgan fingerprint density at radius 2 is 2.00 bits per heavy atom. The van der Waals surface area contributed by atoms with Crippen LogP contribution in [0, 0.1) is 19.8 Å². The number of hydrogen-bond donors (Lipinski definition) is 2. The molecule has 0 amide bonds. The summed E-state index contributed by atoms with van der Waals surface area (Å²) in [5.74, 6) is 2.58. The zero-order valence-corrected chi connectivity index (χ0v) is 13.5. The Balaban J connectivity index is 1.76. The predicted octanol–water partition coefficient (Wildman–Crippen LogP) is 3.42. The van der Waals surface area contributed by atoms with Crippen LogP contribution in [-0.4, -0.2) is 23.0 Å². The summed E-state index contributed by atoms with van der Waals surface area (Å²) in [4.78, 5) is 0. The Hall–Kier alpha value is -0.510. The molecule has 2 nitrogen and oxygen atoms in total. The van der Waals surface area contributed by atoms with E-state index in [9.17, 15) is 5.11 Å². The van der Waals surface area contributed by atoms with E-state index < -0.39 is 5.60 Å². The second kappa shape index (κ2) is 6.97. The lowest BCUT2D eigenvalue weighted by molar-refractivity contribution is 0.0104. The SMILES string of the molecule is Cc1cc(C)cc(CSCCC2CCCC2(O)CN)c1. The van der Waals surface area contributed by atoms with Crippen LogP contribution >= 0.6 is 11.8 Å². The molecular weight excluding hydrogens is 266 g/mol. The van der Waals surface area contributed by atoms with Gasteiger partial charge in [0.15, 0.2) is 0 Å². The maximum absolute atomic E-state index is 10.4. The second-order valence-corrected chi connectivity index (χ2v) is 7.34. The van der Waals surface area contributed by atoms with Gasteiger partial charge in [0.2, 0.25) is 0 Å². The first-order chi connectivity index (χ1) is 9.53. The molecule has 1 aromatic carbocycles. The Kier molecular flexibility index (Phi) is 5.53. The van der Waals surface area contributed by atoms with Gasteiger partial charge in [-0.1, -0.05) is 35.7 Å². The molecule has 2 unspecified atom stereocenters. The first-order valence-corrected chi connectivity index (χ1v) is 8.76. The Morgan fingerprint density at radius 1 is 1.30 bits per heavy atom. The first-order valence-electron chi connectivity index (χ1n) is 7.61. The van der Waals surface area contributed by atoms with E-state index in [0.29, 0.717) is 12.5 Å². The van der Waals surface area contributed by atoms with E-state index >= 15 is 0 Å². The van der Waals surface area contributed by atoms with Crippen molar-refractivity contribution in [2.24, 2.45) is 11.7 Å². The van der Waals surface area contributed by atoms with Crippen molar-refractivity contribution in [3.8, 4) is 0 Å². The van der Waals surface area contributed by atoms with Gasteiger partial charge >= 0.3 is 0 Å². The molecule has 3 heteroatoms. The fourth-order valence-electron chi connectivity index (χ4n) is 3.38. The summed E-state index contributed by atoms with van der Waals surface area (Å²) in [6.07, 6.45) is 4.23. The minimum absolute atomic E-state index is 0.402. The summed E-state index contributed by atoms with van der Waals surface area (Å²) in [5, 5.41) is 10.4. The van der Waals surface area contributed by atoms with Gasteiger partial charge in [0.25, 0.3) is 0 Å². The van der Waals surface area contributed by atoms with E-state index in [2.05, 4.69) is 32.0 Å². The number of benzene rings is 1. The highest BCUT2D eigenvalue weighted by Gasteiger charge is 2.39. The number of rotatable bonds is 6. The highest BCUT2D eigenvalue weighted by atomic mass is 32.2. The fourth-order valence-corrected chi connectivity index (χ4v) is 4.37. The average molecular weight is 293 g/mol. The highest BCUT2D eigenvalue weighted by Crippen LogP contribution is 2.37. The van der Waals surface area contributed by atoms with E-state index in [1.807, 2.05) is 11.8 Å². The van der Waals surface area contributed by atoms with Crippen molar-refractivity contribution in [1.29, 1.82) is 0 Å². The smallest absolute Gasteiger partial charge is 0.0797 e. The van der Waals surface area contributed by atoms with Crippen LogP contribution in [0.2, 0.25) is 0 Å². The maximum atomic E-state index is 10.4. The van der Waals surface area contributed by atoms with Crippen molar-refractivity contribution in [2.75, 3.05) is 12.3 Å². The molecule has 2 rings (SSSR count). The van der Waals surface area contributed by atoms with Gasteiger partial charge in [0.1, 0.15) is 0 Å². The van der Waals surface area contributed by atoms with Crippen LogP contribution < -0.4 is 5.73 Å². The van der Waals surface area contributed by atoms with Crippen molar-refractivity contribution < 1.29 is 5.11 Å². The molecule has 3 N–H and O–H groups in total. The largest absolute Gasteiger partial charge is 0.388 e. The molecule has 20 heavy (non-hydrogen) atoms. The summed E-state index contributed by atoms with van der Waals surface area (Å²) < 4.78 is 0. The minimum Gasteiger partial charge on any atom is -0.388 e. The molecule has 1 fully saturated rings. The van der Waals surface area contributed by atoms with Crippen LogP contribution in [0.15, 0.2) is 18.2 Å². The number of thioether (sulfide) groups is 1. The maximum Gasteiger partial charge on any atom is 0.0797 e. The molecule has 112 valence electrons. The summed E-state index contributed by atoms with van der Waals surface area (Å²) in [7, 11) is 0. The van der Waals surface area contributed by atoms with Crippen LogP contribution in [0.1, 0.15) is 42.4 Å². The molecule has 0 aromatic heterocycles. The van der Waals surface area contributed by atoms with Gasteiger partial charge in [-0.2, -0.15) is 11.8 Å².